The van der Waals surface area contributed by atoms with Gasteiger partial charge in [0, 0.05) is 6.54 Å². The number of fused-ring (bicyclic) bond motifs is 1. The molecule has 0 bridgehead atoms. The monoisotopic (exact) mass is 419 g/mol. The van der Waals surface area contributed by atoms with E-state index in [-0.39, 0.29) is 16.0 Å². The molecule has 0 radical (unpaired) electrons. The summed E-state index contributed by atoms with van der Waals surface area (Å²) in [6, 6.07) is 11.3. The molecule has 9 heteroatoms. The standard InChI is InChI=1S/C20H16F3N3O2S/c21-20(22,23)12-5-3-6-13(10-12)26-18(28)15(17(27)25-19(26)29)16-14-7-2-1-4-11(14)8-9-24-16/h1-7,10,16,24,28H,8-9H2,(H,25,27,29)/t16-/m1/s1. The van der Waals surface area contributed by atoms with Gasteiger partial charge in [0.25, 0.3) is 5.56 Å². The lowest BCUT2D eigenvalue weighted by Crippen LogP contribution is -2.35. The molecule has 0 spiro atoms. The number of halogens is 3. The number of H-pyrrole nitrogens is 1. The Morgan fingerprint density at radius 2 is 1.90 bits per heavy atom. The van der Waals surface area contributed by atoms with E-state index in [1.807, 2.05) is 24.3 Å². The number of aromatic nitrogens is 2. The lowest BCUT2D eigenvalue weighted by Gasteiger charge is -2.27. The molecule has 2 heterocycles. The average molecular weight is 419 g/mol. The lowest BCUT2D eigenvalue weighted by molar-refractivity contribution is -0.137. The Labute approximate surface area is 168 Å². The van der Waals surface area contributed by atoms with Gasteiger partial charge in [0.05, 0.1) is 22.9 Å². The van der Waals surface area contributed by atoms with Gasteiger partial charge in [-0.3, -0.25) is 14.3 Å². The fourth-order valence-electron chi connectivity index (χ4n) is 3.62. The maximum Gasteiger partial charge on any atom is 0.416 e. The molecule has 1 atom stereocenters. The third kappa shape index (κ3) is 3.47. The van der Waals surface area contributed by atoms with Crippen LogP contribution in [0.15, 0.2) is 53.3 Å². The van der Waals surface area contributed by atoms with Crippen molar-refractivity contribution in [1.82, 2.24) is 14.9 Å². The summed E-state index contributed by atoms with van der Waals surface area (Å²) in [4.78, 5) is 15.1. The molecule has 2 aromatic carbocycles. The molecule has 0 saturated heterocycles. The van der Waals surface area contributed by atoms with Gasteiger partial charge >= 0.3 is 6.18 Å². The molecule has 3 aromatic rings. The van der Waals surface area contributed by atoms with Gasteiger partial charge in [0.2, 0.25) is 5.88 Å². The SMILES string of the molecule is O=c1[nH]c(=S)n(-c2cccc(C(F)(F)F)c2)c(O)c1[C@@H]1NCCc2ccccc21. The van der Waals surface area contributed by atoms with Gasteiger partial charge in [0.15, 0.2) is 4.77 Å². The second kappa shape index (κ2) is 7.16. The Bertz CT molecular complexity index is 1200. The Morgan fingerprint density at radius 1 is 1.14 bits per heavy atom. The predicted octanol–water partition coefficient (Wildman–Crippen LogP) is 3.85. The van der Waals surface area contributed by atoms with Crippen LogP contribution in [0.4, 0.5) is 13.2 Å². The van der Waals surface area contributed by atoms with E-state index >= 15 is 0 Å². The molecule has 0 fully saturated rings. The van der Waals surface area contributed by atoms with Crippen LogP contribution in [0.3, 0.4) is 0 Å². The van der Waals surface area contributed by atoms with Crippen molar-refractivity contribution >= 4 is 12.2 Å². The molecule has 0 amide bonds. The Hall–Kier alpha value is -2.91. The first-order valence-corrected chi connectivity index (χ1v) is 9.25. The summed E-state index contributed by atoms with van der Waals surface area (Å²) in [6.07, 6.45) is -3.79. The van der Waals surface area contributed by atoms with Crippen LogP contribution in [0, 0.1) is 4.77 Å². The highest BCUT2D eigenvalue weighted by molar-refractivity contribution is 7.71. The second-order valence-electron chi connectivity index (χ2n) is 6.72. The molecule has 5 nitrogen and oxygen atoms in total. The van der Waals surface area contributed by atoms with Crippen LogP contribution in [-0.4, -0.2) is 21.2 Å². The van der Waals surface area contributed by atoms with Crippen molar-refractivity contribution in [1.29, 1.82) is 0 Å². The number of rotatable bonds is 2. The molecule has 3 N–H and O–H groups in total. The number of hydrogen-bond acceptors (Lipinski definition) is 4. The predicted molar refractivity (Wildman–Crippen MR) is 104 cm³/mol. The van der Waals surface area contributed by atoms with Crippen molar-refractivity contribution in [3.05, 3.63) is 85.9 Å². The first-order chi connectivity index (χ1) is 13.8. The van der Waals surface area contributed by atoms with Gasteiger partial charge in [-0.1, -0.05) is 30.3 Å². The number of aromatic hydroxyl groups is 1. The van der Waals surface area contributed by atoms with Gasteiger partial charge in [-0.2, -0.15) is 13.2 Å². The van der Waals surface area contributed by atoms with Crippen LogP contribution < -0.4 is 10.9 Å². The summed E-state index contributed by atoms with van der Waals surface area (Å²) < 4.78 is 40.2. The third-order valence-electron chi connectivity index (χ3n) is 4.95. The quantitative estimate of drug-likeness (QED) is 0.552. The van der Waals surface area contributed by atoms with E-state index in [0.717, 1.165) is 34.2 Å². The minimum absolute atomic E-state index is 0.00293. The lowest BCUT2D eigenvalue weighted by atomic mass is 9.90. The molecule has 1 aromatic heterocycles. The van der Waals surface area contributed by atoms with Crippen LogP contribution in [0.25, 0.3) is 5.69 Å². The summed E-state index contributed by atoms with van der Waals surface area (Å²) in [5.74, 6) is -0.493. The van der Waals surface area contributed by atoms with E-state index in [9.17, 15) is 23.1 Å². The molecule has 1 aliphatic rings. The van der Waals surface area contributed by atoms with Crippen molar-refractivity contribution < 1.29 is 18.3 Å². The summed E-state index contributed by atoms with van der Waals surface area (Å²) in [5, 5.41) is 14.1. The molecular formula is C20H16F3N3O2S. The summed E-state index contributed by atoms with van der Waals surface area (Å²) in [7, 11) is 0. The van der Waals surface area contributed by atoms with E-state index in [1.165, 1.54) is 12.1 Å². The Morgan fingerprint density at radius 3 is 2.66 bits per heavy atom. The molecule has 29 heavy (non-hydrogen) atoms. The van der Waals surface area contributed by atoms with Gasteiger partial charge in [-0.05, 0) is 48.0 Å². The van der Waals surface area contributed by atoms with E-state index < -0.39 is 29.2 Å². The highest BCUT2D eigenvalue weighted by Gasteiger charge is 2.32. The molecule has 4 rings (SSSR count). The average Bonchev–Trinajstić information content (AvgIpc) is 2.67. The summed E-state index contributed by atoms with van der Waals surface area (Å²) in [6.45, 7) is 0.583. The Kier molecular flexibility index (Phi) is 4.79. The number of nitrogens with zero attached hydrogens (tertiary/aromatic N) is 1. The van der Waals surface area contributed by atoms with Crippen molar-refractivity contribution in [3.8, 4) is 11.6 Å². The maximum atomic E-state index is 13.1. The summed E-state index contributed by atoms with van der Waals surface area (Å²) >= 11 is 5.13. The van der Waals surface area contributed by atoms with Gasteiger partial charge in [-0.15, -0.1) is 0 Å². The Balaban J connectivity index is 1.93. The number of benzene rings is 2. The zero-order valence-corrected chi connectivity index (χ0v) is 15.8. The maximum absolute atomic E-state index is 13.1. The molecule has 0 unspecified atom stereocenters. The first kappa shape index (κ1) is 19.4. The van der Waals surface area contributed by atoms with E-state index in [0.29, 0.717) is 6.54 Å². The number of nitrogens with one attached hydrogen (secondary N) is 2. The highest BCUT2D eigenvalue weighted by atomic mass is 32.1. The third-order valence-corrected chi connectivity index (χ3v) is 5.23. The zero-order valence-electron chi connectivity index (χ0n) is 15.0. The fraction of sp³-hybridized carbons (Fsp3) is 0.200. The number of hydrogen-bond donors (Lipinski definition) is 3. The van der Waals surface area contributed by atoms with Gasteiger partial charge < -0.3 is 10.4 Å². The smallest absolute Gasteiger partial charge is 0.416 e. The second-order valence-corrected chi connectivity index (χ2v) is 7.10. The van der Waals surface area contributed by atoms with E-state index in [2.05, 4.69) is 10.3 Å². The van der Waals surface area contributed by atoms with Gasteiger partial charge in [-0.25, -0.2) is 0 Å². The van der Waals surface area contributed by atoms with Crippen LogP contribution in [0.5, 0.6) is 5.88 Å². The van der Waals surface area contributed by atoms with E-state index in [1.54, 1.807) is 0 Å². The van der Waals surface area contributed by atoms with Crippen LogP contribution in [-0.2, 0) is 12.6 Å². The van der Waals surface area contributed by atoms with E-state index in [4.69, 9.17) is 12.2 Å². The topological polar surface area (TPSA) is 70.0 Å². The van der Waals surface area contributed by atoms with Crippen molar-refractivity contribution in [2.45, 2.75) is 18.6 Å². The normalized spacial score (nSPS) is 16.4. The molecule has 1 aliphatic heterocycles. The van der Waals surface area contributed by atoms with Crippen molar-refractivity contribution in [2.75, 3.05) is 6.54 Å². The molecule has 0 saturated carbocycles. The van der Waals surface area contributed by atoms with Crippen molar-refractivity contribution in [3.63, 3.8) is 0 Å². The fourth-order valence-corrected chi connectivity index (χ4v) is 3.91. The van der Waals surface area contributed by atoms with Crippen LogP contribution >= 0.6 is 12.2 Å². The van der Waals surface area contributed by atoms with Crippen LogP contribution in [0.2, 0.25) is 0 Å². The van der Waals surface area contributed by atoms with Crippen LogP contribution in [0.1, 0.15) is 28.3 Å². The minimum atomic E-state index is -4.55. The molecular weight excluding hydrogens is 403 g/mol. The molecule has 0 aliphatic carbocycles. The minimum Gasteiger partial charge on any atom is -0.494 e. The number of aromatic amines is 1. The summed E-state index contributed by atoms with van der Waals surface area (Å²) in [5.41, 5.74) is 0.387. The zero-order chi connectivity index (χ0) is 20.8. The molecule has 150 valence electrons. The largest absolute Gasteiger partial charge is 0.494 e. The first-order valence-electron chi connectivity index (χ1n) is 8.84. The van der Waals surface area contributed by atoms with Gasteiger partial charge in [0.1, 0.15) is 0 Å². The van der Waals surface area contributed by atoms with Crippen molar-refractivity contribution in [2.24, 2.45) is 0 Å². The number of alkyl halides is 3. The highest BCUT2D eigenvalue weighted by Crippen LogP contribution is 2.34.